The van der Waals surface area contributed by atoms with Gasteiger partial charge in [-0.05, 0) is 24.8 Å². The van der Waals surface area contributed by atoms with Gasteiger partial charge < -0.3 is 10.5 Å². The molecule has 2 rings (SSSR count). The smallest absolute Gasteiger partial charge is 0.331 e. The average molecular weight is 276 g/mol. The monoisotopic (exact) mass is 276 g/mol. The summed E-state index contributed by atoms with van der Waals surface area (Å²) in [4.78, 5) is 14.5. The third-order valence-corrected chi connectivity index (χ3v) is 4.20. The molecule has 0 bridgehead atoms. The number of ether oxygens (including phenoxy) is 1. The van der Waals surface area contributed by atoms with Crippen LogP contribution in [0.5, 0.6) is 0 Å². The molecule has 20 heavy (non-hydrogen) atoms. The van der Waals surface area contributed by atoms with Crippen molar-refractivity contribution < 1.29 is 9.53 Å². The van der Waals surface area contributed by atoms with Crippen LogP contribution in [0.4, 0.5) is 0 Å². The normalized spacial score (nSPS) is 26.2. The van der Waals surface area contributed by atoms with E-state index in [1.807, 2.05) is 30.3 Å². The van der Waals surface area contributed by atoms with Crippen LogP contribution in [0.25, 0.3) is 0 Å². The lowest BCUT2D eigenvalue weighted by Gasteiger charge is -2.33. The first-order chi connectivity index (χ1) is 9.47. The summed E-state index contributed by atoms with van der Waals surface area (Å²) >= 11 is 0. The van der Waals surface area contributed by atoms with Crippen molar-refractivity contribution in [1.82, 2.24) is 4.90 Å². The molecule has 1 aromatic rings. The second-order valence-electron chi connectivity index (χ2n) is 5.95. The molecule has 0 radical (unpaired) electrons. The van der Waals surface area contributed by atoms with E-state index in [9.17, 15) is 4.79 Å². The highest BCUT2D eigenvalue weighted by Gasteiger charge is 2.41. The fourth-order valence-electron chi connectivity index (χ4n) is 3.12. The first-order valence-corrected chi connectivity index (χ1v) is 7.14. The van der Waals surface area contributed by atoms with Crippen molar-refractivity contribution in [2.24, 2.45) is 11.7 Å². The summed E-state index contributed by atoms with van der Waals surface area (Å²) in [7, 11) is 1.39. The highest BCUT2D eigenvalue weighted by atomic mass is 16.5. The van der Waals surface area contributed by atoms with Gasteiger partial charge in [0.05, 0.1) is 7.11 Å². The Morgan fingerprint density at radius 2 is 2.05 bits per heavy atom. The lowest BCUT2D eigenvalue weighted by molar-refractivity contribution is -0.148. The van der Waals surface area contributed by atoms with E-state index in [-0.39, 0.29) is 5.97 Å². The predicted octanol–water partition coefficient (Wildman–Crippen LogP) is 1.74. The van der Waals surface area contributed by atoms with Gasteiger partial charge in [-0.2, -0.15) is 0 Å². The van der Waals surface area contributed by atoms with Crippen molar-refractivity contribution in [3.05, 3.63) is 35.9 Å². The van der Waals surface area contributed by atoms with Crippen molar-refractivity contribution >= 4 is 5.97 Å². The van der Waals surface area contributed by atoms with E-state index in [1.165, 1.54) is 7.11 Å². The van der Waals surface area contributed by atoms with E-state index in [0.717, 1.165) is 18.5 Å². The molecule has 1 aromatic carbocycles. The molecule has 1 fully saturated rings. The Morgan fingerprint density at radius 1 is 1.40 bits per heavy atom. The number of nitrogens with two attached hydrogens (primary N) is 1. The lowest BCUT2D eigenvalue weighted by Crippen LogP contribution is -2.54. The van der Waals surface area contributed by atoms with Crippen LogP contribution < -0.4 is 5.73 Å². The molecule has 1 aliphatic heterocycles. The van der Waals surface area contributed by atoms with Gasteiger partial charge in [-0.25, -0.2) is 4.79 Å². The molecule has 0 aromatic heterocycles. The van der Waals surface area contributed by atoms with Gasteiger partial charge in [0.2, 0.25) is 0 Å². The standard InChI is InChI=1S/C16H24N2O2/c1-12-9-13(2)18(10-12)11-16(17,15(19)20-3)14-7-5-4-6-8-14/h4-8,12-13H,9-11,17H2,1-3H3. The Morgan fingerprint density at radius 3 is 2.55 bits per heavy atom. The maximum atomic E-state index is 12.2. The Kier molecular flexibility index (Phi) is 4.45. The maximum Gasteiger partial charge on any atom is 0.331 e. The van der Waals surface area contributed by atoms with Gasteiger partial charge in [0, 0.05) is 19.1 Å². The first kappa shape index (κ1) is 15.0. The summed E-state index contributed by atoms with van der Waals surface area (Å²) in [5.74, 6) is 0.262. The van der Waals surface area contributed by atoms with Crippen molar-refractivity contribution in [2.45, 2.75) is 31.8 Å². The summed E-state index contributed by atoms with van der Waals surface area (Å²) in [5.41, 5.74) is 6.15. The summed E-state index contributed by atoms with van der Waals surface area (Å²) in [6, 6.07) is 9.94. The zero-order valence-corrected chi connectivity index (χ0v) is 12.5. The molecule has 0 aliphatic carbocycles. The maximum absolute atomic E-state index is 12.2. The van der Waals surface area contributed by atoms with Gasteiger partial charge in [-0.3, -0.25) is 4.90 Å². The van der Waals surface area contributed by atoms with E-state index in [4.69, 9.17) is 10.5 Å². The van der Waals surface area contributed by atoms with Crippen molar-refractivity contribution in [3.63, 3.8) is 0 Å². The molecule has 1 saturated heterocycles. The van der Waals surface area contributed by atoms with Gasteiger partial charge >= 0.3 is 5.97 Å². The molecule has 3 atom stereocenters. The van der Waals surface area contributed by atoms with E-state index in [0.29, 0.717) is 18.5 Å². The van der Waals surface area contributed by atoms with Gasteiger partial charge in [-0.15, -0.1) is 0 Å². The van der Waals surface area contributed by atoms with Crippen LogP contribution in [-0.4, -0.2) is 37.1 Å². The molecule has 1 heterocycles. The summed E-state index contributed by atoms with van der Waals surface area (Å²) < 4.78 is 4.95. The number of rotatable bonds is 4. The largest absolute Gasteiger partial charge is 0.467 e. The molecular formula is C16H24N2O2. The highest BCUT2D eigenvalue weighted by Crippen LogP contribution is 2.28. The van der Waals surface area contributed by atoms with Gasteiger partial charge in [-0.1, -0.05) is 37.3 Å². The fraction of sp³-hybridized carbons (Fsp3) is 0.562. The topological polar surface area (TPSA) is 55.6 Å². The molecular weight excluding hydrogens is 252 g/mol. The van der Waals surface area contributed by atoms with Crippen molar-refractivity contribution in [2.75, 3.05) is 20.2 Å². The van der Waals surface area contributed by atoms with Crippen LogP contribution in [0.3, 0.4) is 0 Å². The Bertz CT molecular complexity index is 463. The Hall–Kier alpha value is -1.39. The van der Waals surface area contributed by atoms with Gasteiger partial charge in [0.15, 0.2) is 5.54 Å². The molecule has 2 N–H and O–H groups in total. The van der Waals surface area contributed by atoms with Crippen molar-refractivity contribution in [3.8, 4) is 0 Å². The van der Waals surface area contributed by atoms with E-state index in [2.05, 4.69) is 18.7 Å². The predicted molar refractivity (Wildman–Crippen MR) is 79.1 cm³/mol. The molecule has 0 amide bonds. The SMILES string of the molecule is COC(=O)C(N)(CN1CC(C)CC1C)c1ccccc1. The summed E-state index contributed by atoms with van der Waals surface area (Å²) in [5, 5.41) is 0. The minimum absolute atomic E-state index is 0.379. The number of methoxy groups -OCH3 is 1. The Labute approximate surface area is 120 Å². The lowest BCUT2D eigenvalue weighted by atomic mass is 9.90. The van der Waals surface area contributed by atoms with Crippen LogP contribution in [0, 0.1) is 5.92 Å². The van der Waals surface area contributed by atoms with Gasteiger partial charge in [0.25, 0.3) is 0 Å². The van der Waals surface area contributed by atoms with Crippen molar-refractivity contribution in [1.29, 1.82) is 0 Å². The van der Waals surface area contributed by atoms with Gasteiger partial charge in [0.1, 0.15) is 0 Å². The zero-order valence-electron chi connectivity index (χ0n) is 12.5. The molecule has 3 unspecified atom stereocenters. The minimum atomic E-state index is -1.10. The number of nitrogens with zero attached hydrogens (tertiary/aromatic N) is 1. The molecule has 4 heteroatoms. The minimum Gasteiger partial charge on any atom is -0.467 e. The Balaban J connectivity index is 2.27. The second-order valence-corrected chi connectivity index (χ2v) is 5.95. The zero-order chi connectivity index (χ0) is 14.8. The number of carbonyl (C=O) groups is 1. The molecule has 0 saturated carbocycles. The summed E-state index contributed by atoms with van der Waals surface area (Å²) in [6.07, 6.45) is 1.14. The van der Waals surface area contributed by atoms with E-state index < -0.39 is 5.54 Å². The summed E-state index contributed by atoms with van der Waals surface area (Å²) in [6.45, 7) is 5.89. The third-order valence-electron chi connectivity index (χ3n) is 4.20. The number of hydrogen-bond donors (Lipinski definition) is 1. The average Bonchev–Trinajstić information content (AvgIpc) is 2.76. The number of likely N-dealkylation sites (tertiary alicyclic amines) is 1. The van der Waals surface area contributed by atoms with Crippen LogP contribution in [0.1, 0.15) is 25.8 Å². The molecule has 1 aliphatic rings. The van der Waals surface area contributed by atoms with Crippen LogP contribution in [0.15, 0.2) is 30.3 Å². The second kappa shape index (κ2) is 5.94. The molecule has 110 valence electrons. The third kappa shape index (κ3) is 2.86. The molecule has 4 nitrogen and oxygen atoms in total. The number of esters is 1. The van der Waals surface area contributed by atoms with E-state index in [1.54, 1.807) is 0 Å². The van der Waals surface area contributed by atoms with E-state index >= 15 is 0 Å². The van der Waals surface area contributed by atoms with Crippen LogP contribution >= 0.6 is 0 Å². The number of carbonyl (C=O) groups excluding carboxylic acids is 1. The first-order valence-electron chi connectivity index (χ1n) is 7.14. The van der Waals surface area contributed by atoms with Crippen LogP contribution in [0.2, 0.25) is 0 Å². The highest BCUT2D eigenvalue weighted by molar-refractivity contribution is 5.82. The number of benzene rings is 1. The molecule has 0 spiro atoms. The van der Waals surface area contributed by atoms with Crippen LogP contribution in [-0.2, 0) is 15.1 Å². The fourth-order valence-corrected chi connectivity index (χ4v) is 3.12. The number of hydrogen-bond acceptors (Lipinski definition) is 4. The quantitative estimate of drug-likeness (QED) is 0.851.